The maximum Gasteiger partial charge on any atom is 0.161 e. The van der Waals surface area contributed by atoms with Crippen LogP contribution in [0.15, 0.2) is 54.6 Å². The number of nitrogens with two attached hydrogens (primary N) is 1. The molecule has 0 aliphatic heterocycles. The number of methoxy groups -OCH3 is 1. The van der Waals surface area contributed by atoms with Crippen LogP contribution in [0.4, 0.5) is 0 Å². The van der Waals surface area contributed by atoms with Gasteiger partial charge in [0, 0.05) is 6.54 Å². The van der Waals surface area contributed by atoms with Gasteiger partial charge in [-0.3, -0.25) is 0 Å². The lowest BCUT2D eigenvalue weighted by Crippen LogP contribution is -2.00. The molecule has 0 heterocycles. The molecule has 2 aromatic carbocycles. The van der Waals surface area contributed by atoms with Crippen LogP contribution in [0.3, 0.4) is 0 Å². The van der Waals surface area contributed by atoms with E-state index in [1.807, 2.05) is 60.7 Å². The maximum atomic E-state index is 5.72. The van der Waals surface area contributed by atoms with E-state index in [2.05, 4.69) is 0 Å². The van der Waals surface area contributed by atoms with E-state index in [1.165, 1.54) is 0 Å². The van der Waals surface area contributed by atoms with Crippen LogP contribution in [0, 0.1) is 0 Å². The molecule has 0 aliphatic carbocycles. The lowest BCUT2D eigenvalue weighted by Gasteiger charge is -2.10. The maximum absolute atomic E-state index is 5.72. The van der Waals surface area contributed by atoms with E-state index in [0.29, 0.717) is 18.9 Å². The average molecular weight is 269 g/mol. The Kier molecular flexibility index (Phi) is 5.21. The second-order valence-corrected chi connectivity index (χ2v) is 4.31. The van der Waals surface area contributed by atoms with Gasteiger partial charge in [-0.2, -0.15) is 0 Å². The number of hydrogen-bond acceptors (Lipinski definition) is 3. The molecule has 0 bridgehead atoms. The minimum Gasteiger partial charge on any atom is -0.493 e. The van der Waals surface area contributed by atoms with E-state index in [4.69, 9.17) is 15.2 Å². The number of hydrogen-bond donors (Lipinski definition) is 1. The second kappa shape index (κ2) is 7.36. The molecular weight excluding hydrogens is 250 g/mol. The van der Waals surface area contributed by atoms with Gasteiger partial charge in [0.15, 0.2) is 11.5 Å². The smallest absolute Gasteiger partial charge is 0.161 e. The highest BCUT2D eigenvalue weighted by molar-refractivity contribution is 5.49. The lowest BCUT2D eigenvalue weighted by molar-refractivity contribution is 0.326. The van der Waals surface area contributed by atoms with E-state index in [0.717, 1.165) is 16.9 Å². The molecule has 0 saturated heterocycles. The third-order valence-corrected chi connectivity index (χ3v) is 2.91. The van der Waals surface area contributed by atoms with E-state index >= 15 is 0 Å². The van der Waals surface area contributed by atoms with Gasteiger partial charge in [-0.1, -0.05) is 42.5 Å². The highest BCUT2D eigenvalue weighted by atomic mass is 16.5. The van der Waals surface area contributed by atoms with E-state index in [1.54, 1.807) is 7.11 Å². The summed E-state index contributed by atoms with van der Waals surface area (Å²) in [5.41, 5.74) is 7.80. The van der Waals surface area contributed by atoms with Gasteiger partial charge < -0.3 is 15.2 Å². The quantitative estimate of drug-likeness (QED) is 0.875. The van der Waals surface area contributed by atoms with Crippen molar-refractivity contribution in [3.63, 3.8) is 0 Å². The third kappa shape index (κ3) is 3.87. The van der Waals surface area contributed by atoms with Crippen molar-refractivity contribution >= 4 is 6.08 Å². The van der Waals surface area contributed by atoms with Crippen molar-refractivity contribution in [1.82, 2.24) is 0 Å². The topological polar surface area (TPSA) is 44.5 Å². The standard InChI is InChI=1S/C17H19NO2/c1-19-16-10-9-15(13-18)12-17(16)20-11-5-8-14-6-3-2-4-7-14/h2-10,12H,11,13,18H2,1H3/b8-5+. The zero-order valence-corrected chi connectivity index (χ0v) is 11.6. The van der Waals surface area contributed by atoms with Gasteiger partial charge in [-0.25, -0.2) is 0 Å². The van der Waals surface area contributed by atoms with Crippen molar-refractivity contribution in [2.75, 3.05) is 13.7 Å². The molecule has 0 saturated carbocycles. The monoisotopic (exact) mass is 269 g/mol. The Bertz CT molecular complexity index is 564. The molecule has 0 amide bonds. The predicted molar refractivity (Wildman–Crippen MR) is 81.9 cm³/mol. The summed E-state index contributed by atoms with van der Waals surface area (Å²) in [4.78, 5) is 0. The minimum atomic E-state index is 0.485. The Balaban J connectivity index is 1.98. The normalized spacial score (nSPS) is 10.7. The first-order valence-corrected chi connectivity index (χ1v) is 6.55. The van der Waals surface area contributed by atoms with Gasteiger partial charge in [0.2, 0.25) is 0 Å². The van der Waals surface area contributed by atoms with Crippen molar-refractivity contribution < 1.29 is 9.47 Å². The minimum absolute atomic E-state index is 0.485. The van der Waals surface area contributed by atoms with Gasteiger partial charge in [-0.15, -0.1) is 0 Å². The average Bonchev–Trinajstić information content (AvgIpc) is 2.52. The molecule has 0 fully saturated rings. The summed E-state index contributed by atoms with van der Waals surface area (Å²) < 4.78 is 11.0. The first-order chi connectivity index (χ1) is 9.83. The van der Waals surface area contributed by atoms with Crippen molar-refractivity contribution in [1.29, 1.82) is 0 Å². The molecule has 3 heteroatoms. The Morgan fingerprint density at radius 3 is 2.55 bits per heavy atom. The molecular formula is C17H19NO2. The molecule has 0 aliphatic rings. The van der Waals surface area contributed by atoms with Crippen LogP contribution in [0.2, 0.25) is 0 Å². The number of ether oxygens (including phenoxy) is 2. The molecule has 20 heavy (non-hydrogen) atoms. The SMILES string of the molecule is COc1ccc(CN)cc1OC/C=C/c1ccccc1. The lowest BCUT2D eigenvalue weighted by atomic mass is 10.2. The van der Waals surface area contributed by atoms with E-state index in [-0.39, 0.29) is 0 Å². The molecule has 2 aromatic rings. The molecule has 0 aromatic heterocycles. The molecule has 0 spiro atoms. The molecule has 0 unspecified atom stereocenters. The Morgan fingerprint density at radius 1 is 1.05 bits per heavy atom. The Hall–Kier alpha value is -2.26. The van der Waals surface area contributed by atoms with Crippen molar-refractivity contribution in [2.24, 2.45) is 5.73 Å². The first kappa shape index (κ1) is 14.2. The summed E-state index contributed by atoms with van der Waals surface area (Å²) in [6, 6.07) is 15.8. The Labute approximate surface area is 119 Å². The van der Waals surface area contributed by atoms with Gasteiger partial charge in [0.1, 0.15) is 6.61 Å². The molecule has 0 radical (unpaired) electrons. The summed E-state index contributed by atoms with van der Waals surface area (Å²) in [5.74, 6) is 1.43. The van der Waals surface area contributed by atoms with E-state index in [9.17, 15) is 0 Å². The van der Waals surface area contributed by atoms with E-state index < -0.39 is 0 Å². The predicted octanol–water partition coefficient (Wildman–Crippen LogP) is 3.25. The molecule has 0 atom stereocenters. The summed E-state index contributed by atoms with van der Waals surface area (Å²) in [5, 5.41) is 0. The van der Waals surface area contributed by atoms with Gasteiger partial charge in [0.05, 0.1) is 7.11 Å². The summed E-state index contributed by atoms with van der Waals surface area (Å²) in [6.45, 7) is 0.972. The molecule has 3 nitrogen and oxygen atoms in total. The Morgan fingerprint density at radius 2 is 1.85 bits per heavy atom. The van der Waals surface area contributed by atoms with Gasteiger partial charge >= 0.3 is 0 Å². The zero-order valence-electron chi connectivity index (χ0n) is 11.6. The van der Waals surface area contributed by atoms with Gasteiger partial charge in [0.25, 0.3) is 0 Å². The van der Waals surface area contributed by atoms with Crippen LogP contribution >= 0.6 is 0 Å². The zero-order chi connectivity index (χ0) is 14.2. The fraction of sp³-hybridized carbons (Fsp3) is 0.176. The van der Waals surface area contributed by atoms with Crippen LogP contribution in [0.5, 0.6) is 11.5 Å². The highest BCUT2D eigenvalue weighted by Crippen LogP contribution is 2.27. The van der Waals surface area contributed by atoms with Crippen LogP contribution in [-0.2, 0) is 6.54 Å². The van der Waals surface area contributed by atoms with Crippen molar-refractivity contribution in [3.05, 3.63) is 65.7 Å². The van der Waals surface area contributed by atoms with Crippen molar-refractivity contribution in [2.45, 2.75) is 6.54 Å². The molecule has 2 rings (SSSR count). The summed E-state index contributed by atoms with van der Waals surface area (Å²) >= 11 is 0. The third-order valence-electron chi connectivity index (χ3n) is 2.91. The molecule has 104 valence electrons. The summed E-state index contributed by atoms with van der Waals surface area (Å²) in [7, 11) is 1.63. The van der Waals surface area contributed by atoms with Crippen LogP contribution < -0.4 is 15.2 Å². The highest BCUT2D eigenvalue weighted by Gasteiger charge is 2.04. The van der Waals surface area contributed by atoms with Crippen molar-refractivity contribution in [3.8, 4) is 11.5 Å². The molecule has 2 N–H and O–H groups in total. The largest absolute Gasteiger partial charge is 0.493 e. The fourth-order valence-corrected chi connectivity index (χ4v) is 1.85. The number of benzene rings is 2. The van der Waals surface area contributed by atoms with Crippen LogP contribution in [0.25, 0.3) is 6.08 Å². The second-order valence-electron chi connectivity index (χ2n) is 4.31. The van der Waals surface area contributed by atoms with Gasteiger partial charge in [-0.05, 0) is 29.3 Å². The van der Waals surface area contributed by atoms with Crippen LogP contribution in [0.1, 0.15) is 11.1 Å². The first-order valence-electron chi connectivity index (χ1n) is 6.55. The number of rotatable bonds is 6. The van der Waals surface area contributed by atoms with Crippen LogP contribution in [-0.4, -0.2) is 13.7 Å². The summed E-state index contributed by atoms with van der Waals surface area (Å²) in [6.07, 6.45) is 4.00. The fourth-order valence-electron chi connectivity index (χ4n) is 1.85.